The van der Waals surface area contributed by atoms with Gasteiger partial charge in [-0.3, -0.25) is 4.90 Å². The van der Waals surface area contributed by atoms with Crippen LogP contribution < -0.4 is 5.73 Å². The Morgan fingerprint density at radius 1 is 1.44 bits per heavy atom. The molecule has 0 aromatic rings. The van der Waals surface area contributed by atoms with Gasteiger partial charge in [0.05, 0.1) is 13.2 Å². The van der Waals surface area contributed by atoms with Gasteiger partial charge >= 0.3 is 0 Å². The lowest BCUT2D eigenvalue weighted by molar-refractivity contribution is 0.0431. The molecule has 1 aliphatic carbocycles. The van der Waals surface area contributed by atoms with E-state index in [1.165, 1.54) is 12.8 Å². The van der Waals surface area contributed by atoms with Crippen LogP contribution in [0.2, 0.25) is 0 Å². The van der Waals surface area contributed by atoms with E-state index in [0.29, 0.717) is 12.6 Å². The first-order valence-corrected chi connectivity index (χ1v) is 6.23. The molecule has 96 valence electrons. The van der Waals surface area contributed by atoms with E-state index >= 15 is 0 Å². The Bertz CT molecular complexity index is 195. The van der Waals surface area contributed by atoms with Crippen molar-refractivity contribution in [2.75, 3.05) is 26.9 Å². The van der Waals surface area contributed by atoms with Gasteiger partial charge in [0, 0.05) is 31.8 Å². The summed E-state index contributed by atoms with van der Waals surface area (Å²) in [4.78, 5) is 2.31. The van der Waals surface area contributed by atoms with E-state index in [2.05, 4.69) is 11.8 Å². The topological polar surface area (TPSA) is 58.7 Å². The van der Waals surface area contributed by atoms with Gasteiger partial charge in [0.2, 0.25) is 0 Å². The highest BCUT2D eigenvalue weighted by molar-refractivity contribution is 4.90. The molecule has 1 aliphatic rings. The molecule has 16 heavy (non-hydrogen) atoms. The van der Waals surface area contributed by atoms with Crippen molar-refractivity contribution in [3.05, 3.63) is 0 Å². The predicted octanol–water partition coefficient (Wildman–Crippen LogP) is 0.441. The monoisotopic (exact) mass is 230 g/mol. The molecule has 1 fully saturated rings. The van der Waals surface area contributed by atoms with E-state index in [4.69, 9.17) is 10.5 Å². The zero-order valence-electron chi connectivity index (χ0n) is 10.7. The Hall–Kier alpha value is -0.160. The molecule has 0 saturated heterocycles. The van der Waals surface area contributed by atoms with E-state index in [0.717, 1.165) is 12.5 Å². The van der Waals surface area contributed by atoms with Crippen LogP contribution in [0.5, 0.6) is 0 Å². The molecule has 0 aliphatic heterocycles. The van der Waals surface area contributed by atoms with Crippen molar-refractivity contribution in [2.24, 2.45) is 11.7 Å². The van der Waals surface area contributed by atoms with E-state index in [9.17, 15) is 5.11 Å². The van der Waals surface area contributed by atoms with Gasteiger partial charge in [-0.05, 0) is 32.6 Å². The first kappa shape index (κ1) is 13.9. The highest BCUT2D eigenvalue weighted by atomic mass is 16.5. The van der Waals surface area contributed by atoms with Crippen LogP contribution in [0.25, 0.3) is 0 Å². The standard InChI is InChI=1S/C12H26N2O2/c1-9(13)12(8-15)14(6-7-16-3)10(2)11-4-5-11/h9-12,15H,4-8,13H2,1-3H3. The minimum Gasteiger partial charge on any atom is -0.395 e. The van der Waals surface area contributed by atoms with Crippen molar-refractivity contribution in [1.29, 1.82) is 0 Å². The number of hydrogen-bond acceptors (Lipinski definition) is 4. The molecule has 0 bridgehead atoms. The molecule has 0 aromatic heterocycles. The molecule has 3 unspecified atom stereocenters. The maximum absolute atomic E-state index is 9.45. The molecule has 0 amide bonds. The number of nitrogens with two attached hydrogens (primary N) is 1. The zero-order chi connectivity index (χ0) is 12.1. The first-order valence-electron chi connectivity index (χ1n) is 6.23. The summed E-state index contributed by atoms with van der Waals surface area (Å²) in [6, 6.07) is 0.534. The SMILES string of the molecule is COCCN(C(C)C1CC1)C(CO)C(C)N. The van der Waals surface area contributed by atoms with Crippen LogP contribution in [-0.2, 0) is 4.74 Å². The van der Waals surface area contributed by atoms with Crippen molar-refractivity contribution in [1.82, 2.24) is 4.90 Å². The fraction of sp³-hybridized carbons (Fsp3) is 1.00. The first-order chi connectivity index (χ1) is 7.61. The summed E-state index contributed by atoms with van der Waals surface area (Å²) in [7, 11) is 1.71. The number of methoxy groups -OCH3 is 1. The molecular weight excluding hydrogens is 204 g/mol. The smallest absolute Gasteiger partial charge is 0.0601 e. The lowest BCUT2D eigenvalue weighted by Gasteiger charge is -2.37. The maximum Gasteiger partial charge on any atom is 0.0601 e. The summed E-state index contributed by atoms with van der Waals surface area (Å²) < 4.78 is 5.13. The fourth-order valence-electron chi connectivity index (χ4n) is 2.29. The molecule has 3 atom stereocenters. The largest absolute Gasteiger partial charge is 0.395 e. The van der Waals surface area contributed by atoms with Crippen LogP contribution in [0, 0.1) is 5.92 Å². The normalized spacial score (nSPS) is 22.1. The Morgan fingerprint density at radius 3 is 2.44 bits per heavy atom. The Kier molecular flexibility index (Phi) is 5.69. The fourth-order valence-corrected chi connectivity index (χ4v) is 2.29. The van der Waals surface area contributed by atoms with Gasteiger partial charge < -0.3 is 15.6 Å². The second-order valence-electron chi connectivity index (χ2n) is 4.92. The Labute approximate surface area is 98.8 Å². The highest BCUT2D eigenvalue weighted by Crippen LogP contribution is 2.35. The number of aliphatic hydroxyl groups is 1. The third-order valence-corrected chi connectivity index (χ3v) is 3.60. The summed E-state index contributed by atoms with van der Waals surface area (Å²) in [6.45, 7) is 5.86. The van der Waals surface area contributed by atoms with Gasteiger partial charge in [0.15, 0.2) is 0 Å². The summed E-state index contributed by atoms with van der Waals surface area (Å²) in [5, 5.41) is 9.45. The maximum atomic E-state index is 9.45. The second kappa shape index (κ2) is 6.55. The Morgan fingerprint density at radius 2 is 2.06 bits per heavy atom. The van der Waals surface area contributed by atoms with Crippen LogP contribution in [0.15, 0.2) is 0 Å². The second-order valence-corrected chi connectivity index (χ2v) is 4.92. The molecular formula is C12H26N2O2. The van der Waals surface area contributed by atoms with E-state index in [1.807, 2.05) is 6.92 Å². The zero-order valence-corrected chi connectivity index (χ0v) is 10.7. The van der Waals surface area contributed by atoms with E-state index in [1.54, 1.807) is 7.11 Å². The van der Waals surface area contributed by atoms with Crippen molar-refractivity contribution in [3.8, 4) is 0 Å². The molecule has 0 aromatic carbocycles. The number of ether oxygens (including phenoxy) is 1. The number of rotatable bonds is 8. The van der Waals surface area contributed by atoms with Crippen LogP contribution in [0.3, 0.4) is 0 Å². The summed E-state index contributed by atoms with van der Waals surface area (Å²) in [5.41, 5.74) is 5.94. The number of hydrogen-bond donors (Lipinski definition) is 2. The molecule has 0 heterocycles. The molecule has 0 spiro atoms. The predicted molar refractivity (Wildman–Crippen MR) is 65.3 cm³/mol. The molecule has 3 N–H and O–H groups in total. The summed E-state index contributed by atoms with van der Waals surface area (Å²) in [5.74, 6) is 0.782. The molecule has 1 rings (SSSR count). The van der Waals surface area contributed by atoms with Crippen LogP contribution in [0.1, 0.15) is 26.7 Å². The average Bonchev–Trinajstić information content (AvgIpc) is 3.06. The van der Waals surface area contributed by atoms with Crippen LogP contribution >= 0.6 is 0 Å². The number of nitrogens with zero attached hydrogens (tertiary/aromatic N) is 1. The molecule has 4 nitrogen and oxygen atoms in total. The molecule has 1 saturated carbocycles. The van der Waals surface area contributed by atoms with Gasteiger partial charge in [-0.25, -0.2) is 0 Å². The van der Waals surface area contributed by atoms with Gasteiger partial charge in [-0.15, -0.1) is 0 Å². The third-order valence-electron chi connectivity index (χ3n) is 3.60. The lowest BCUT2D eigenvalue weighted by Crippen LogP contribution is -2.53. The lowest BCUT2D eigenvalue weighted by atomic mass is 10.1. The minimum atomic E-state index is -0.0111. The van der Waals surface area contributed by atoms with Gasteiger partial charge in [-0.2, -0.15) is 0 Å². The van der Waals surface area contributed by atoms with E-state index in [-0.39, 0.29) is 18.7 Å². The van der Waals surface area contributed by atoms with Crippen molar-refractivity contribution >= 4 is 0 Å². The van der Waals surface area contributed by atoms with Gasteiger partial charge in [0.25, 0.3) is 0 Å². The minimum absolute atomic E-state index is 0.0111. The van der Waals surface area contributed by atoms with E-state index < -0.39 is 0 Å². The summed E-state index contributed by atoms with van der Waals surface area (Å²) >= 11 is 0. The van der Waals surface area contributed by atoms with Gasteiger partial charge in [0.1, 0.15) is 0 Å². The van der Waals surface area contributed by atoms with Crippen LogP contribution in [0.4, 0.5) is 0 Å². The van der Waals surface area contributed by atoms with Gasteiger partial charge in [-0.1, -0.05) is 0 Å². The number of aliphatic hydroxyl groups excluding tert-OH is 1. The summed E-state index contributed by atoms with van der Waals surface area (Å²) in [6.07, 6.45) is 2.61. The van der Waals surface area contributed by atoms with Crippen molar-refractivity contribution in [3.63, 3.8) is 0 Å². The quantitative estimate of drug-likeness (QED) is 0.635. The van der Waals surface area contributed by atoms with Crippen LogP contribution in [-0.4, -0.2) is 55.0 Å². The Balaban J connectivity index is 2.59. The van der Waals surface area contributed by atoms with Crippen molar-refractivity contribution in [2.45, 2.75) is 44.8 Å². The van der Waals surface area contributed by atoms with Crippen molar-refractivity contribution < 1.29 is 9.84 Å². The third kappa shape index (κ3) is 3.70. The average molecular weight is 230 g/mol. The highest BCUT2D eigenvalue weighted by Gasteiger charge is 2.35. The molecule has 4 heteroatoms. The molecule has 0 radical (unpaired) electrons.